The summed E-state index contributed by atoms with van der Waals surface area (Å²) in [7, 11) is -1.93. The lowest BCUT2D eigenvalue weighted by Gasteiger charge is -2.39. The molecule has 0 heterocycles. The van der Waals surface area contributed by atoms with E-state index in [-0.39, 0.29) is 5.04 Å². The van der Waals surface area contributed by atoms with Crippen molar-refractivity contribution < 1.29 is 14.3 Å². The predicted molar refractivity (Wildman–Crippen MR) is 69.1 cm³/mol. The topological polar surface area (TPSA) is 46.5 Å². The first-order valence-corrected chi connectivity index (χ1v) is 8.47. The third-order valence-electron chi connectivity index (χ3n) is 3.35. The van der Waals surface area contributed by atoms with Crippen LogP contribution in [0.5, 0.6) is 0 Å². The number of hydrogen-bond acceptors (Lipinski definition) is 2. The molecule has 94 valence electrons. The average Bonchev–Trinajstić information content (AvgIpc) is 2.11. The molecular weight excluding hydrogens is 220 g/mol. The quantitative estimate of drug-likeness (QED) is 0.596. The van der Waals surface area contributed by atoms with Crippen LogP contribution < -0.4 is 0 Å². The van der Waals surface area contributed by atoms with Crippen molar-refractivity contribution in [1.82, 2.24) is 0 Å². The molecular formula is C12H24O3Si. The number of carbonyl (C=O) groups is 1. The number of aliphatic carboxylic acids is 1. The summed E-state index contributed by atoms with van der Waals surface area (Å²) in [6, 6.07) is 0. The van der Waals surface area contributed by atoms with Crippen molar-refractivity contribution >= 4 is 14.3 Å². The first-order valence-electron chi connectivity index (χ1n) is 5.56. The molecule has 0 spiro atoms. The molecule has 0 saturated heterocycles. The summed E-state index contributed by atoms with van der Waals surface area (Å²) < 4.78 is 6.01. The molecule has 0 unspecified atom stereocenters. The number of carboxylic acid groups (broad SMARTS) is 1. The van der Waals surface area contributed by atoms with Gasteiger partial charge in [0.15, 0.2) is 8.32 Å². The van der Waals surface area contributed by atoms with Gasteiger partial charge < -0.3 is 9.53 Å². The minimum absolute atomic E-state index is 0.0759. The maximum absolute atomic E-state index is 10.9. The molecule has 0 rings (SSSR count). The zero-order valence-corrected chi connectivity index (χ0v) is 12.2. The second kappa shape index (κ2) is 5.14. The van der Waals surface area contributed by atoms with E-state index >= 15 is 0 Å². The van der Waals surface area contributed by atoms with Gasteiger partial charge in [0.2, 0.25) is 0 Å². The van der Waals surface area contributed by atoms with E-state index in [1.54, 1.807) is 13.0 Å². The van der Waals surface area contributed by atoms with Gasteiger partial charge in [-0.3, -0.25) is 4.79 Å². The summed E-state index contributed by atoms with van der Waals surface area (Å²) in [6.45, 7) is 15.9. The molecule has 0 aromatic heterocycles. The van der Waals surface area contributed by atoms with Crippen molar-refractivity contribution in [2.45, 2.75) is 51.9 Å². The molecule has 0 bridgehead atoms. The molecule has 2 atom stereocenters. The largest absolute Gasteiger partial charge is 0.481 e. The fourth-order valence-corrected chi connectivity index (χ4v) is 2.35. The van der Waals surface area contributed by atoms with Crippen LogP contribution >= 0.6 is 0 Å². The highest BCUT2D eigenvalue weighted by Gasteiger charge is 2.40. The molecule has 16 heavy (non-hydrogen) atoms. The second-order valence-electron chi connectivity index (χ2n) is 5.71. The third-order valence-corrected chi connectivity index (χ3v) is 7.83. The van der Waals surface area contributed by atoms with E-state index in [0.29, 0.717) is 0 Å². The summed E-state index contributed by atoms with van der Waals surface area (Å²) in [5.74, 6) is -1.39. The maximum Gasteiger partial charge on any atom is 0.309 e. The highest BCUT2D eigenvalue weighted by molar-refractivity contribution is 6.74. The van der Waals surface area contributed by atoms with Crippen molar-refractivity contribution in [2.75, 3.05) is 0 Å². The van der Waals surface area contributed by atoms with Gasteiger partial charge in [-0.15, -0.1) is 6.58 Å². The second-order valence-corrected chi connectivity index (χ2v) is 10.5. The molecule has 0 amide bonds. The Bertz CT molecular complexity index is 266. The lowest BCUT2D eigenvalue weighted by molar-refractivity contribution is -0.143. The van der Waals surface area contributed by atoms with Crippen LogP contribution in [0.15, 0.2) is 12.7 Å². The van der Waals surface area contributed by atoms with Gasteiger partial charge in [-0.2, -0.15) is 0 Å². The van der Waals surface area contributed by atoms with Gasteiger partial charge in [0.05, 0.1) is 12.0 Å². The molecule has 0 radical (unpaired) electrons. The predicted octanol–water partition coefficient (Wildman–Crippen LogP) is 3.28. The molecule has 0 aliphatic carbocycles. The van der Waals surface area contributed by atoms with E-state index in [0.717, 1.165) is 0 Å². The Morgan fingerprint density at radius 3 is 2.12 bits per heavy atom. The zero-order chi connectivity index (χ0) is 13.1. The summed E-state index contributed by atoms with van der Waals surface area (Å²) in [5.41, 5.74) is 0. The monoisotopic (exact) mass is 244 g/mol. The molecule has 0 aromatic rings. The molecule has 0 fully saturated rings. The minimum Gasteiger partial charge on any atom is -0.481 e. The Morgan fingerprint density at radius 1 is 1.44 bits per heavy atom. The number of rotatable bonds is 5. The lowest BCUT2D eigenvalue weighted by atomic mass is 10.1. The van der Waals surface area contributed by atoms with E-state index in [4.69, 9.17) is 9.53 Å². The van der Waals surface area contributed by atoms with Gasteiger partial charge in [-0.05, 0) is 25.1 Å². The van der Waals surface area contributed by atoms with E-state index in [1.807, 2.05) is 0 Å². The summed E-state index contributed by atoms with van der Waals surface area (Å²) in [4.78, 5) is 10.9. The van der Waals surface area contributed by atoms with Crippen LogP contribution in [0, 0.1) is 5.92 Å². The molecule has 1 N–H and O–H groups in total. The summed E-state index contributed by atoms with van der Waals surface area (Å²) in [5, 5.41) is 9.05. The maximum atomic E-state index is 10.9. The molecule has 4 heteroatoms. The number of hydrogen-bond donors (Lipinski definition) is 1. The van der Waals surface area contributed by atoms with Crippen LogP contribution in [-0.2, 0) is 9.22 Å². The Labute approximate surface area is 99.6 Å². The van der Waals surface area contributed by atoms with Gasteiger partial charge in [0, 0.05) is 0 Å². The standard InChI is InChI=1S/C12H24O3Si/c1-8-10(9(2)11(13)14)15-16(6,7)12(3,4)5/h8-10H,1H2,2-7H3,(H,13,14)/t9-,10+/m1/s1. The highest BCUT2D eigenvalue weighted by Crippen LogP contribution is 2.38. The van der Waals surface area contributed by atoms with Crippen LogP contribution in [0.4, 0.5) is 0 Å². The van der Waals surface area contributed by atoms with Crippen molar-refractivity contribution in [3.05, 3.63) is 12.7 Å². The van der Waals surface area contributed by atoms with Crippen LogP contribution in [-0.4, -0.2) is 25.5 Å². The summed E-state index contributed by atoms with van der Waals surface area (Å²) in [6.07, 6.45) is 1.19. The van der Waals surface area contributed by atoms with Gasteiger partial charge >= 0.3 is 5.97 Å². The third kappa shape index (κ3) is 3.76. The molecule has 0 aromatic carbocycles. The van der Waals surface area contributed by atoms with E-state index in [1.165, 1.54) is 0 Å². The highest BCUT2D eigenvalue weighted by atomic mass is 28.4. The van der Waals surface area contributed by atoms with Crippen LogP contribution in [0.25, 0.3) is 0 Å². The Kier molecular flexibility index (Phi) is 4.95. The Morgan fingerprint density at radius 2 is 1.88 bits per heavy atom. The van der Waals surface area contributed by atoms with Gasteiger partial charge in [-0.25, -0.2) is 0 Å². The van der Waals surface area contributed by atoms with E-state index < -0.39 is 26.3 Å². The molecule has 0 aliphatic rings. The zero-order valence-electron chi connectivity index (χ0n) is 11.2. The first kappa shape index (κ1) is 15.4. The van der Waals surface area contributed by atoms with Gasteiger partial charge in [-0.1, -0.05) is 26.8 Å². The van der Waals surface area contributed by atoms with E-state index in [2.05, 4.69) is 40.4 Å². The molecule has 3 nitrogen and oxygen atoms in total. The van der Waals surface area contributed by atoms with Crippen molar-refractivity contribution in [3.63, 3.8) is 0 Å². The van der Waals surface area contributed by atoms with Crippen LogP contribution in [0.3, 0.4) is 0 Å². The Hall–Kier alpha value is -0.613. The van der Waals surface area contributed by atoms with Crippen LogP contribution in [0.2, 0.25) is 18.1 Å². The van der Waals surface area contributed by atoms with Crippen LogP contribution in [0.1, 0.15) is 27.7 Å². The molecule has 0 saturated carbocycles. The average molecular weight is 244 g/mol. The van der Waals surface area contributed by atoms with Gasteiger partial charge in [0.25, 0.3) is 0 Å². The fraction of sp³-hybridized carbons (Fsp3) is 0.750. The van der Waals surface area contributed by atoms with Crippen molar-refractivity contribution in [2.24, 2.45) is 5.92 Å². The minimum atomic E-state index is -1.93. The molecule has 0 aliphatic heterocycles. The smallest absolute Gasteiger partial charge is 0.309 e. The van der Waals surface area contributed by atoms with Crippen molar-refractivity contribution in [1.29, 1.82) is 0 Å². The SMILES string of the molecule is C=C[C@H](O[Si](C)(C)C(C)(C)C)[C@@H](C)C(=O)O. The number of carboxylic acids is 1. The fourth-order valence-electron chi connectivity index (χ4n) is 1.01. The first-order chi connectivity index (χ1) is 7.03. The normalized spacial score (nSPS) is 16.6. The van der Waals surface area contributed by atoms with Crippen molar-refractivity contribution in [3.8, 4) is 0 Å². The van der Waals surface area contributed by atoms with Gasteiger partial charge in [0.1, 0.15) is 0 Å². The Balaban J connectivity index is 4.80. The lowest BCUT2D eigenvalue weighted by Crippen LogP contribution is -2.45. The van der Waals surface area contributed by atoms with E-state index in [9.17, 15) is 4.79 Å². The summed E-state index contributed by atoms with van der Waals surface area (Å²) >= 11 is 0.